The van der Waals surface area contributed by atoms with Gasteiger partial charge in [-0.2, -0.15) is 0 Å². The Balaban J connectivity index is 1.03. The van der Waals surface area contributed by atoms with Crippen LogP contribution in [0.15, 0.2) is 18.5 Å². The first-order valence-corrected chi connectivity index (χ1v) is 11.7. The van der Waals surface area contributed by atoms with Gasteiger partial charge in [-0.15, -0.1) is 0 Å². The Hall–Kier alpha value is -1.50. The van der Waals surface area contributed by atoms with E-state index in [0.717, 1.165) is 64.3 Å². The normalized spacial score (nSPS) is 33.2. The summed E-state index contributed by atoms with van der Waals surface area (Å²) in [7, 11) is 0. The molecule has 2 aliphatic heterocycles. The Morgan fingerprint density at radius 1 is 1.27 bits per heavy atom. The largest absolute Gasteiger partial charge is 0.390 e. The third-order valence-electron chi connectivity index (χ3n) is 8.35. The molecule has 0 radical (unpaired) electrons. The SMILES string of the molecule is CC(NCC1CC12CCN(C(=O)CC1CC(C)(O)C1)CC2)N1Cc2ccncc2C1. The lowest BCUT2D eigenvalue weighted by molar-refractivity contribution is -0.137. The number of likely N-dealkylation sites (tertiary alicyclic amines) is 1. The molecule has 6 nitrogen and oxygen atoms in total. The number of rotatable bonds is 6. The van der Waals surface area contributed by atoms with Crippen LogP contribution in [-0.4, -0.2) is 57.2 Å². The highest BCUT2D eigenvalue weighted by atomic mass is 16.3. The third-order valence-corrected chi connectivity index (χ3v) is 8.35. The molecule has 3 fully saturated rings. The summed E-state index contributed by atoms with van der Waals surface area (Å²) in [4.78, 5) is 21.4. The number of nitrogens with zero attached hydrogens (tertiary/aromatic N) is 3. The lowest BCUT2D eigenvalue weighted by Crippen LogP contribution is -2.45. The van der Waals surface area contributed by atoms with E-state index in [-0.39, 0.29) is 0 Å². The predicted molar refractivity (Wildman–Crippen MR) is 115 cm³/mol. The monoisotopic (exact) mass is 412 g/mol. The van der Waals surface area contributed by atoms with Gasteiger partial charge in [0.25, 0.3) is 0 Å². The maximum atomic E-state index is 12.6. The molecule has 2 atom stereocenters. The van der Waals surface area contributed by atoms with Gasteiger partial charge in [-0.05, 0) is 86.9 Å². The number of piperidine rings is 1. The highest BCUT2D eigenvalue weighted by Gasteiger charge is 2.54. The van der Waals surface area contributed by atoms with Crippen molar-refractivity contribution in [2.75, 3.05) is 19.6 Å². The van der Waals surface area contributed by atoms with Crippen LogP contribution < -0.4 is 5.32 Å². The van der Waals surface area contributed by atoms with Crippen LogP contribution in [0.5, 0.6) is 0 Å². The van der Waals surface area contributed by atoms with Gasteiger partial charge >= 0.3 is 0 Å². The highest BCUT2D eigenvalue weighted by Crippen LogP contribution is 2.59. The quantitative estimate of drug-likeness (QED) is 0.751. The summed E-state index contributed by atoms with van der Waals surface area (Å²) in [5.41, 5.74) is 2.71. The highest BCUT2D eigenvalue weighted by molar-refractivity contribution is 5.76. The van der Waals surface area contributed by atoms with Crippen molar-refractivity contribution < 1.29 is 9.90 Å². The number of pyridine rings is 1. The van der Waals surface area contributed by atoms with E-state index in [0.29, 0.717) is 29.8 Å². The molecule has 0 bridgehead atoms. The molecule has 1 aromatic rings. The maximum absolute atomic E-state index is 12.6. The van der Waals surface area contributed by atoms with Crippen molar-refractivity contribution in [2.24, 2.45) is 17.3 Å². The molecule has 2 unspecified atom stereocenters. The summed E-state index contributed by atoms with van der Waals surface area (Å²) in [6.07, 6.45) is 10.1. The van der Waals surface area contributed by atoms with E-state index in [1.807, 2.05) is 19.3 Å². The van der Waals surface area contributed by atoms with E-state index in [1.165, 1.54) is 17.5 Å². The predicted octanol–water partition coefficient (Wildman–Crippen LogP) is 2.51. The number of carbonyl (C=O) groups excluding carboxylic acids is 1. The van der Waals surface area contributed by atoms with Gasteiger partial charge in [0, 0.05) is 45.0 Å². The van der Waals surface area contributed by atoms with Crippen molar-refractivity contribution in [3.63, 3.8) is 0 Å². The van der Waals surface area contributed by atoms with Gasteiger partial charge in [-0.3, -0.25) is 14.7 Å². The average molecular weight is 413 g/mol. The van der Waals surface area contributed by atoms with Crippen LogP contribution in [0.3, 0.4) is 0 Å². The van der Waals surface area contributed by atoms with E-state index < -0.39 is 5.60 Å². The van der Waals surface area contributed by atoms with Crippen molar-refractivity contribution in [2.45, 2.75) is 77.2 Å². The van der Waals surface area contributed by atoms with Gasteiger partial charge in [0.05, 0.1) is 11.8 Å². The van der Waals surface area contributed by atoms with E-state index >= 15 is 0 Å². The molecule has 1 saturated heterocycles. The molecule has 2 saturated carbocycles. The number of aromatic nitrogens is 1. The number of nitrogens with one attached hydrogen (secondary N) is 1. The van der Waals surface area contributed by atoms with E-state index in [1.54, 1.807) is 0 Å². The smallest absolute Gasteiger partial charge is 0.222 e. The number of hydrogen-bond donors (Lipinski definition) is 2. The molecule has 6 heteroatoms. The van der Waals surface area contributed by atoms with Crippen molar-refractivity contribution in [1.82, 2.24) is 20.1 Å². The molecule has 1 spiro atoms. The van der Waals surface area contributed by atoms with Crippen molar-refractivity contribution in [3.8, 4) is 0 Å². The fourth-order valence-electron chi connectivity index (χ4n) is 6.20. The second-order valence-electron chi connectivity index (χ2n) is 10.8. The second-order valence-corrected chi connectivity index (χ2v) is 10.8. The van der Waals surface area contributed by atoms with Gasteiger partial charge in [-0.25, -0.2) is 0 Å². The lowest BCUT2D eigenvalue weighted by atomic mass is 9.70. The topological polar surface area (TPSA) is 68.7 Å². The molecule has 2 N–H and O–H groups in total. The Morgan fingerprint density at radius 2 is 2.00 bits per heavy atom. The number of aliphatic hydroxyl groups is 1. The summed E-state index contributed by atoms with van der Waals surface area (Å²) in [5.74, 6) is 1.44. The van der Waals surface area contributed by atoms with Gasteiger partial charge < -0.3 is 15.3 Å². The standard InChI is InChI=1S/C24H36N4O2/c1-17(28-15-19-3-6-25-13-20(19)16-28)26-14-21-12-24(21)4-7-27(8-5-24)22(29)9-18-10-23(2,30)11-18/h3,6,13,17-18,21,26,30H,4-5,7-12,14-16H2,1-2H3. The minimum absolute atomic E-state index is 0.303. The van der Waals surface area contributed by atoms with Crippen LogP contribution in [0.1, 0.15) is 63.5 Å². The summed E-state index contributed by atoms with van der Waals surface area (Å²) in [6.45, 7) is 9.06. The first-order chi connectivity index (χ1) is 14.3. The molecule has 0 aromatic carbocycles. The molecule has 30 heavy (non-hydrogen) atoms. The molecule has 3 heterocycles. The van der Waals surface area contributed by atoms with Crippen molar-refractivity contribution in [1.29, 1.82) is 0 Å². The van der Waals surface area contributed by atoms with Crippen LogP contribution in [0, 0.1) is 17.3 Å². The molecule has 1 aromatic heterocycles. The van der Waals surface area contributed by atoms with Crippen LogP contribution >= 0.6 is 0 Å². The maximum Gasteiger partial charge on any atom is 0.222 e. The fraction of sp³-hybridized carbons (Fsp3) is 0.750. The Morgan fingerprint density at radius 3 is 2.70 bits per heavy atom. The zero-order valence-corrected chi connectivity index (χ0v) is 18.4. The van der Waals surface area contributed by atoms with Gasteiger partial charge in [-0.1, -0.05) is 0 Å². The number of hydrogen-bond acceptors (Lipinski definition) is 5. The fourth-order valence-corrected chi connectivity index (χ4v) is 6.20. The molecule has 1 amide bonds. The molecule has 164 valence electrons. The summed E-state index contributed by atoms with van der Waals surface area (Å²) < 4.78 is 0. The molecule has 2 aliphatic carbocycles. The Kier molecular flexibility index (Phi) is 5.15. The van der Waals surface area contributed by atoms with Gasteiger partial charge in [0.15, 0.2) is 0 Å². The van der Waals surface area contributed by atoms with Crippen molar-refractivity contribution >= 4 is 5.91 Å². The summed E-state index contributed by atoms with van der Waals surface area (Å²) >= 11 is 0. The number of amides is 1. The van der Waals surface area contributed by atoms with Crippen LogP contribution in [0.2, 0.25) is 0 Å². The zero-order valence-electron chi connectivity index (χ0n) is 18.4. The van der Waals surface area contributed by atoms with Crippen LogP contribution in [0.25, 0.3) is 0 Å². The third kappa shape index (κ3) is 4.02. The van der Waals surface area contributed by atoms with Crippen molar-refractivity contribution in [3.05, 3.63) is 29.6 Å². The van der Waals surface area contributed by atoms with Crippen LogP contribution in [-0.2, 0) is 17.9 Å². The minimum Gasteiger partial charge on any atom is -0.390 e. The first-order valence-electron chi connectivity index (χ1n) is 11.7. The van der Waals surface area contributed by atoms with Crippen LogP contribution in [0.4, 0.5) is 0 Å². The average Bonchev–Trinajstić information content (AvgIpc) is 3.17. The molecule has 5 rings (SSSR count). The number of fused-ring (bicyclic) bond motifs is 1. The Labute approximate surface area is 180 Å². The van der Waals surface area contributed by atoms with E-state index in [4.69, 9.17) is 0 Å². The summed E-state index contributed by atoms with van der Waals surface area (Å²) in [5, 5.41) is 13.7. The first kappa shape index (κ1) is 20.4. The molecular formula is C24H36N4O2. The molecular weight excluding hydrogens is 376 g/mol. The lowest BCUT2D eigenvalue weighted by Gasteiger charge is -2.42. The summed E-state index contributed by atoms with van der Waals surface area (Å²) in [6, 6.07) is 2.14. The van der Waals surface area contributed by atoms with E-state index in [9.17, 15) is 9.90 Å². The zero-order chi connectivity index (χ0) is 20.9. The Bertz CT molecular complexity index is 769. The number of carbonyl (C=O) groups is 1. The van der Waals surface area contributed by atoms with E-state index in [2.05, 4.69) is 33.1 Å². The van der Waals surface area contributed by atoms with Gasteiger partial charge in [0.2, 0.25) is 5.91 Å². The minimum atomic E-state index is -0.531. The molecule has 4 aliphatic rings. The van der Waals surface area contributed by atoms with Gasteiger partial charge in [0.1, 0.15) is 0 Å². The second kappa shape index (κ2) is 7.57.